The average Bonchev–Trinajstić information content (AvgIpc) is 3.16. The van der Waals surface area contributed by atoms with Gasteiger partial charge in [0.1, 0.15) is 4.90 Å². The smallest absolute Gasteiger partial charge is 0.269 e. The van der Waals surface area contributed by atoms with Crippen LogP contribution < -0.4 is 15.0 Å². The Morgan fingerprint density at radius 3 is 2.28 bits per heavy atom. The molecular formula is C22H17NO5S. The molecule has 0 atom stereocenters. The molecule has 146 valence electrons. The highest BCUT2D eigenvalue weighted by atomic mass is 32.2. The molecule has 7 heteroatoms. The molecule has 2 heterocycles. The molecule has 0 bridgehead atoms. The van der Waals surface area contributed by atoms with Crippen LogP contribution >= 0.6 is 0 Å². The van der Waals surface area contributed by atoms with Gasteiger partial charge in [0.05, 0.1) is 10.4 Å². The molecular weight excluding hydrogens is 390 g/mol. The summed E-state index contributed by atoms with van der Waals surface area (Å²) in [5, 5.41) is 2.33. The van der Waals surface area contributed by atoms with Crippen LogP contribution in [0.1, 0.15) is 5.56 Å². The van der Waals surface area contributed by atoms with Crippen LogP contribution in [0, 0.1) is 6.92 Å². The molecule has 0 amide bonds. The standard InChI is InChI=1S/C22H17NO5S/c1-13-3-7-16(8-4-13)29(25,26)20-10-15-6-5-14-9-18-19(28-12-27-18)11-17(14)21(15)23(2)22(20)24/h3-11H,12H2,1-2H3. The fourth-order valence-corrected chi connectivity index (χ4v) is 5.11. The van der Waals surface area contributed by atoms with Crippen molar-refractivity contribution >= 4 is 31.5 Å². The molecule has 0 N–H and O–H groups in total. The highest BCUT2D eigenvalue weighted by Gasteiger charge is 2.24. The first kappa shape index (κ1) is 17.8. The summed E-state index contributed by atoms with van der Waals surface area (Å²) in [6, 6.07) is 15.3. The van der Waals surface area contributed by atoms with Gasteiger partial charge in [-0.05, 0) is 42.6 Å². The molecule has 5 rings (SSSR count). The summed E-state index contributed by atoms with van der Waals surface area (Å²) in [6.45, 7) is 2.03. The zero-order valence-corrected chi connectivity index (χ0v) is 16.6. The molecule has 29 heavy (non-hydrogen) atoms. The van der Waals surface area contributed by atoms with Gasteiger partial charge in [-0.2, -0.15) is 0 Å². The van der Waals surface area contributed by atoms with E-state index in [1.54, 1.807) is 19.2 Å². The van der Waals surface area contributed by atoms with E-state index >= 15 is 0 Å². The molecule has 0 saturated heterocycles. The van der Waals surface area contributed by atoms with Gasteiger partial charge in [0.2, 0.25) is 16.6 Å². The van der Waals surface area contributed by atoms with Gasteiger partial charge in [-0.25, -0.2) is 8.42 Å². The van der Waals surface area contributed by atoms with Crippen molar-refractivity contribution in [3.05, 3.63) is 70.5 Å². The van der Waals surface area contributed by atoms with Crippen LogP contribution in [0.5, 0.6) is 11.5 Å². The summed E-state index contributed by atoms with van der Waals surface area (Å²) < 4.78 is 38.5. The van der Waals surface area contributed by atoms with Gasteiger partial charge in [0.25, 0.3) is 5.56 Å². The number of ether oxygens (including phenoxy) is 2. The number of hydrogen-bond acceptors (Lipinski definition) is 5. The maximum atomic E-state index is 13.1. The van der Waals surface area contributed by atoms with Crippen molar-refractivity contribution in [2.45, 2.75) is 16.7 Å². The molecule has 1 aliphatic heterocycles. The highest BCUT2D eigenvalue weighted by Crippen LogP contribution is 2.38. The second-order valence-corrected chi connectivity index (χ2v) is 9.04. The quantitative estimate of drug-likeness (QED) is 0.475. The Balaban J connectivity index is 1.81. The largest absolute Gasteiger partial charge is 0.454 e. The number of benzene rings is 3. The van der Waals surface area contributed by atoms with E-state index in [2.05, 4.69) is 0 Å². The first-order valence-electron chi connectivity index (χ1n) is 9.04. The van der Waals surface area contributed by atoms with Crippen LogP contribution in [0.15, 0.2) is 69.2 Å². The van der Waals surface area contributed by atoms with Crippen LogP contribution in [-0.4, -0.2) is 19.8 Å². The van der Waals surface area contributed by atoms with Crippen molar-refractivity contribution in [3.63, 3.8) is 0 Å². The minimum absolute atomic E-state index is 0.101. The molecule has 0 saturated carbocycles. The SMILES string of the molecule is Cc1ccc(S(=O)(=O)c2cc3ccc4cc5c(cc4c3n(C)c2=O)OCO5)cc1. The van der Waals surface area contributed by atoms with E-state index in [-0.39, 0.29) is 16.6 Å². The predicted molar refractivity (Wildman–Crippen MR) is 109 cm³/mol. The second-order valence-electron chi connectivity index (χ2n) is 7.12. The van der Waals surface area contributed by atoms with E-state index in [1.807, 2.05) is 31.2 Å². The zero-order valence-electron chi connectivity index (χ0n) is 15.8. The molecule has 3 aromatic carbocycles. The number of rotatable bonds is 2. The number of pyridine rings is 1. The van der Waals surface area contributed by atoms with Crippen LogP contribution in [0.25, 0.3) is 21.7 Å². The normalized spacial score (nSPS) is 13.3. The molecule has 0 spiro atoms. The van der Waals surface area contributed by atoms with Gasteiger partial charge in [0, 0.05) is 17.8 Å². The maximum Gasteiger partial charge on any atom is 0.269 e. The third-order valence-electron chi connectivity index (χ3n) is 5.27. The van der Waals surface area contributed by atoms with Gasteiger partial charge in [-0.3, -0.25) is 4.79 Å². The summed E-state index contributed by atoms with van der Waals surface area (Å²) in [6.07, 6.45) is 0. The fourth-order valence-electron chi connectivity index (χ4n) is 3.71. The lowest BCUT2D eigenvalue weighted by atomic mass is 10.0. The van der Waals surface area contributed by atoms with Gasteiger partial charge < -0.3 is 14.0 Å². The van der Waals surface area contributed by atoms with Crippen molar-refractivity contribution in [2.24, 2.45) is 7.05 Å². The third kappa shape index (κ3) is 2.61. The van der Waals surface area contributed by atoms with Gasteiger partial charge >= 0.3 is 0 Å². The number of sulfone groups is 1. The van der Waals surface area contributed by atoms with Crippen molar-refractivity contribution in [3.8, 4) is 11.5 Å². The first-order chi connectivity index (χ1) is 13.9. The first-order valence-corrected chi connectivity index (χ1v) is 10.5. The van der Waals surface area contributed by atoms with Gasteiger partial charge in [-0.15, -0.1) is 0 Å². The minimum Gasteiger partial charge on any atom is -0.454 e. The molecule has 0 aliphatic carbocycles. The Bertz CT molecular complexity index is 1470. The predicted octanol–water partition coefficient (Wildman–Crippen LogP) is 3.56. The minimum atomic E-state index is -3.94. The van der Waals surface area contributed by atoms with Crippen molar-refractivity contribution in [1.82, 2.24) is 4.57 Å². The van der Waals surface area contributed by atoms with Gasteiger partial charge in [-0.1, -0.05) is 29.8 Å². The Hall–Kier alpha value is -3.32. The number of hydrogen-bond donors (Lipinski definition) is 0. The summed E-state index contributed by atoms with van der Waals surface area (Å²) in [7, 11) is -2.36. The molecule has 6 nitrogen and oxygen atoms in total. The van der Waals surface area contributed by atoms with Crippen molar-refractivity contribution < 1.29 is 17.9 Å². The van der Waals surface area contributed by atoms with Crippen LogP contribution in [0.3, 0.4) is 0 Å². The average molecular weight is 407 g/mol. The Kier molecular flexibility index (Phi) is 3.73. The lowest BCUT2D eigenvalue weighted by Crippen LogP contribution is -2.24. The molecule has 4 aromatic rings. The van der Waals surface area contributed by atoms with Gasteiger partial charge in [0.15, 0.2) is 11.5 Å². The number of nitrogens with zero attached hydrogens (tertiary/aromatic N) is 1. The fraction of sp³-hybridized carbons (Fsp3) is 0.136. The summed E-state index contributed by atoms with van der Waals surface area (Å²) >= 11 is 0. The third-order valence-corrected chi connectivity index (χ3v) is 7.04. The number of fused-ring (bicyclic) bond motifs is 4. The van der Waals surface area contributed by atoms with Crippen LogP contribution in [0.4, 0.5) is 0 Å². The van der Waals surface area contributed by atoms with E-state index in [0.29, 0.717) is 22.4 Å². The summed E-state index contributed by atoms with van der Waals surface area (Å²) in [5.74, 6) is 1.26. The Morgan fingerprint density at radius 1 is 0.897 bits per heavy atom. The summed E-state index contributed by atoms with van der Waals surface area (Å²) in [5.41, 5.74) is 1.03. The zero-order chi connectivity index (χ0) is 20.3. The van der Waals surface area contributed by atoms with Crippen molar-refractivity contribution in [1.29, 1.82) is 0 Å². The number of aryl methyl sites for hydroxylation is 2. The monoisotopic (exact) mass is 407 g/mol. The van der Waals surface area contributed by atoms with Crippen LogP contribution in [-0.2, 0) is 16.9 Å². The molecule has 0 radical (unpaired) electrons. The van der Waals surface area contributed by atoms with E-state index in [4.69, 9.17) is 9.47 Å². The number of aromatic nitrogens is 1. The van der Waals surface area contributed by atoms with E-state index in [9.17, 15) is 13.2 Å². The maximum absolute atomic E-state index is 13.1. The topological polar surface area (TPSA) is 74.6 Å². The molecule has 0 unspecified atom stereocenters. The lowest BCUT2D eigenvalue weighted by molar-refractivity contribution is 0.174. The molecule has 1 aliphatic rings. The molecule has 1 aromatic heterocycles. The van der Waals surface area contributed by atoms with Crippen molar-refractivity contribution in [2.75, 3.05) is 6.79 Å². The Morgan fingerprint density at radius 2 is 1.55 bits per heavy atom. The second kappa shape index (κ2) is 6.09. The van der Waals surface area contributed by atoms with E-state index < -0.39 is 15.4 Å². The van der Waals surface area contributed by atoms with E-state index in [0.717, 1.165) is 16.3 Å². The lowest BCUT2D eigenvalue weighted by Gasteiger charge is -2.13. The van der Waals surface area contributed by atoms with Crippen LogP contribution in [0.2, 0.25) is 0 Å². The summed E-state index contributed by atoms with van der Waals surface area (Å²) in [4.78, 5) is 12.9. The molecule has 0 fully saturated rings. The Labute approximate surface area is 166 Å². The van der Waals surface area contributed by atoms with E-state index in [1.165, 1.54) is 22.8 Å². The highest BCUT2D eigenvalue weighted by molar-refractivity contribution is 7.91.